The Balaban J connectivity index is 1.38. The van der Waals surface area contributed by atoms with Crippen molar-refractivity contribution in [1.29, 1.82) is 0 Å². The molecule has 2 aromatic heterocycles. The highest BCUT2D eigenvalue weighted by Gasteiger charge is 2.26. The Kier molecular flexibility index (Phi) is 5.84. The minimum absolute atomic E-state index is 0.000559. The summed E-state index contributed by atoms with van der Waals surface area (Å²) < 4.78 is 2.09. The second-order valence-corrected chi connectivity index (χ2v) is 8.12. The van der Waals surface area contributed by atoms with Crippen molar-refractivity contribution in [3.05, 3.63) is 65.0 Å². The maximum absolute atomic E-state index is 12.5. The summed E-state index contributed by atoms with van der Waals surface area (Å²) >= 11 is 0. The summed E-state index contributed by atoms with van der Waals surface area (Å²) in [6.45, 7) is 2.70. The normalized spacial score (nSPS) is 15.7. The molecule has 6 nitrogen and oxygen atoms in total. The van der Waals surface area contributed by atoms with Crippen LogP contribution in [-0.4, -0.2) is 32.6 Å². The van der Waals surface area contributed by atoms with Gasteiger partial charge in [0.15, 0.2) is 0 Å². The zero-order valence-corrected chi connectivity index (χ0v) is 17.2. The molecule has 1 aromatic carbocycles. The van der Waals surface area contributed by atoms with Gasteiger partial charge in [0.2, 0.25) is 5.91 Å². The molecule has 0 saturated heterocycles. The van der Waals surface area contributed by atoms with Gasteiger partial charge >= 0.3 is 5.97 Å². The van der Waals surface area contributed by atoms with Gasteiger partial charge in [-0.15, -0.1) is 0 Å². The van der Waals surface area contributed by atoms with Crippen LogP contribution in [0.1, 0.15) is 41.6 Å². The molecule has 30 heavy (non-hydrogen) atoms. The van der Waals surface area contributed by atoms with E-state index in [2.05, 4.69) is 46.1 Å². The predicted octanol–water partition coefficient (Wildman–Crippen LogP) is 3.43. The number of hydrogen-bond acceptors (Lipinski definition) is 3. The van der Waals surface area contributed by atoms with Crippen LogP contribution in [0, 0.1) is 6.92 Å². The van der Waals surface area contributed by atoms with Gasteiger partial charge in [-0.1, -0.05) is 29.8 Å². The van der Waals surface area contributed by atoms with Crippen LogP contribution in [0.4, 0.5) is 0 Å². The first kappa shape index (κ1) is 20.1. The number of carbonyl (C=O) groups excluding carboxylic acids is 1. The first-order chi connectivity index (χ1) is 14.5. The smallest absolute Gasteiger partial charge is 0.307 e. The maximum atomic E-state index is 12.5. The van der Waals surface area contributed by atoms with Crippen LogP contribution < -0.4 is 5.32 Å². The number of hydrogen-bond donors (Lipinski definition) is 2. The lowest BCUT2D eigenvalue weighted by molar-refractivity contribution is -0.136. The number of carboxylic acids is 1. The highest BCUT2D eigenvalue weighted by atomic mass is 16.4. The lowest BCUT2D eigenvalue weighted by atomic mass is 10.00. The van der Waals surface area contributed by atoms with Gasteiger partial charge in [-0.25, -0.2) is 4.98 Å². The summed E-state index contributed by atoms with van der Waals surface area (Å²) in [5.41, 5.74) is 5.20. The number of benzene rings is 1. The summed E-state index contributed by atoms with van der Waals surface area (Å²) in [6, 6.07) is 12.3. The third-order valence-corrected chi connectivity index (χ3v) is 5.86. The Morgan fingerprint density at radius 1 is 1.23 bits per heavy atom. The van der Waals surface area contributed by atoms with E-state index in [9.17, 15) is 14.7 Å². The van der Waals surface area contributed by atoms with Gasteiger partial charge in [-0.3, -0.25) is 9.59 Å². The van der Waals surface area contributed by atoms with E-state index in [0.717, 1.165) is 48.0 Å². The SMILES string of the molecule is Cc1ccc(CCCC(=O)N[C@@H]2CCc3c(CC(=O)O)c4cccnc4n3C2)cc1. The number of carboxylic acid groups (broad SMARTS) is 1. The number of nitrogens with zero attached hydrogens (tertiary/aromatic N) is 2. The molecule has 0 unspecified atom stereocenters. The van der Waals surface area contributed by atoms with E-state index in [1.807, 2.05) is 12.1 Å². The first-order valence-electron chi connectivity index (χ1n) is 10.5. The third-order valence-electron chi connectivity index (χ3n) is 5.86. The standard InChI is InChI=1S/C24H27N3O3/c1-16-7-9-17(10-8-16)4-2-6-22(28)26-18-11-12-21-20(14-23(29)30)19-5-3-13-25-24(19)27(21)15-18/h3,5,7-10,13,18H,2,4,6,11-12,14-15H2,1H3,(H,26,28)(H,29,30)/t18-/m1/s1. The molecule has 0 radical (unpaired) electrons. The van der Waals surface area contributed by atoms with Crippen LogP contribution in [-0.2, 0) is 35.4 Å². The average Bonchev–Trinajstić information content (AvgIpc) is 3.02. The van der Waals surface area contributed by atoms with Gasteiger partial charge in [0.1, 0.15) is 5.65 Å². The summed E-state index contributed by atoms with van der Waals surface area (Å²) in [5.74, 6) is -0.760. The molecular weight excluding hydrogens is 378 g/mol. The van der Waals surface area contributed by atoms with Crippen LogP contribution in [0.25, 0.3) is 11.0 Å². The average molecular weight is 405 g/mol. The van der Waals surface area contributed by atoms with Crippen molar-refractivity contribution >= 4 is 22.9 Å². The van der Waals surface area contributed by atoms with Crippen LogP contribution in [0.15, 0.2) is 42.6 Å². The van der Waals surface area contributed by atoms with E-state index in [-0.39, 0.29) is 18.4 Å². The topological polar surface area (TPSA) is 84.2 Å². The van der Waals surface area contributed by atoms with Gasteiger partial charge in [0.05, 0.1) is 6.42 Å². The fourth-order valence-electron chi connectivity index (χ4n) is 4.37. The van der Waals surface area contributed by atoms with E-state index in [1.54, 1.807) is 6.20 Å². The van der Waals surface area contributed by atoms with E-state index in [4.69, 9.17) is 0 Å². The minimum Gasteiger partial charge on any atom is -0.481 e. The number of aromatic nitrogens is 2. The molecule has 1 atom stereocenters. The van der Waals surface area contributed by atoms with Gasteiger partial charge in [-0.2, -0.15) is 0 Å². The zero-order valence-electron chi connectivity index (χ0n) is 17.2. The van der Waals surface area contributed by atoms with Crippen molar-refractivity contribution in [1.82, 2.24) is 14.9 Å². The van der Waals surface area contributed by atoms with Gasteiger partial charge in [0, 0.05) is 36.3 Å². The lowest BCUT2D eigenvalue weighted by Crippen LogP contribution is -2.41. The number of pyridine rings is 1. The molecule has 156 valence electrons. The Hall–Kier alpha value is -3.15. The molecule has 3 heterocycles. The largest absolute Gasteiger partial charge is 0.481 e. The number of amides is 1. The molecule has 0 bridgehead atoms. The first-order valence-corrected chi connectivity index (χ1v) is 10.5. The summed E-state index contributed by atoms with van der Waals surface area (Å²) in [6.07, 6.45) is 5.51. The van der Waals surface area contributed by atoms with Crippen LogP contribution in [0.2, 0.25) is 0 Å². The second kappa shape index (κ2) is 8.69. The lowest BCUT2D eigenvalue weighted by Gasteiger charge is -2.26. The molecule has 1 aliphatic heterocycles. The van der Waals surface area contributed by atoms with Gasteiger partial charge in [0.25, 0.3) is 0 Å². The van der Waals surface area contributed by atoms with Crippen molar-refractivity contribution in [2.45, 2.75) is 58.0 Å². The number of aliphatic carboxylic acids is 1. The number of aryl methyl sites for hydroxylation is 2. The number of nitrogens with one attached hydrogen (secondary N) is 1. The third kappa shape index (κ3) is 4.37. The molecule has 1 amide bonds. The Bertz CT molecular complexity index is 1070. The highest BCUT2D eigenvalue weighted by Crippen LogP contribution is 2.30. The molecule has 0 saturated carbocycles. The van der Waals surface area contributed by atoms with Crippen LogP contribution in [0.3, 0.4) is 0 Å². The molecular formula is C24H27N3O3. The van der Waals surface area contributed by atoms with Crippen molar-refractivity contribution in [3.8, 4) is 0 Å². The van der Waals surface area contributed by atoms with Crippen molar-refractivity contribution in [2.75, 3.05) is 0 Å². The predicted molar refractivity (Wildman–Crippen MR) is 115 cm³/mol. The van der Waals surface area contributed by atoms with Gasteiger partial charge < -0.3 is 15.0 Å². The summed E-state index contributed by atoms with van der Waals surface area (Å²) in [7, 11) is 0. The fraction of sp³-hybridized carbons (Fsp3) is 0.375. The number of carbonyl (C=O) groups is 2. The Morgan fingerprint density at radius 2 is 2.03 bits per heavy atom. The van der Waals surface area contributed by atoms with E-state index < -0.39 is 5.97 Å². The molecule has 2 N–H and O–H groups in total. The zero-order chi connectivity index (χ0) is 21.1. The van der Waals surface area contributed by atoms with Crippen molar-refractivity contribution < 1.29 is 14.7 Å². The summed E-state index contributed by atoms with van der Waals surface area (Å²) in [4.78, 5) is 28.3. The Morgan fingerprint density at radius 3 is 2.80 bits per heavy atom. The molecule has 0 spiro atoms. The van der Waals surface area contributed by atoms with Crippen LogP contribution >= 0.6 is 0 Å². The highest BCUT2D eigenvalue weighted by molar-refractivity contribution is 5.87. The quantitative estimate of drug-likeness (QED) is 0.631. The molecule has 1 aliphatic rings. The number of fused-ring (bicyclic) bond motifs is 3. The molecule has 3 aromatic rings. The second-order valence-electron chi connectivity index (χ2n) is 8.12. The summed E-state index contributed by atoms with van der Waals surface area (Å²) in [5, 5.41) is 13.4. The number of rotatable bonds is 7. The van der Waals surface area contributed by atoms with E-state index in [0.29, 0.717) is 13.0 Å². The van der Waals surface area contributed by atoms with E-state index in [1.165, 1.54) is 11.1 Å². The molecule has 6 heteroatoms. The maximum Gasteiger partial charge on any atom is 0.307 e. The fourth-order valence-corrected chi connectivity index (χ4v) is 4.37. The molecule has 0 aliphatic carbocycles. The minimum atomic E-state index is -0.835. The molecule has 4 rings (SSSR count). The van der Waals surface area contributed by atoms with Crippen molar-refractivity contribution in [2.24, 2.45) is 0 Å². The monoisotopic (exact) mass is 405 g/mol. The van der Waals surface area contributed by atoms with Gasteiger partial charge in [-0.05, 0) is 55.9 Å². The molecule has 0 fully saturated rings. The van der Waals surface area contributed by atoms with Crippen molar-refractivity contribution in [3.63, 3.8) is 0 Å². The van der Waals surface area contributed by atoms with Crippen LogP contribution in [0.5, 0.6) is 0 Å². The van der Waals surface area contributed by atoms with E-state index >= 15 is 0 Å². The Labute approximate surface area is 175 Å².